The predicted octanol–water partition coefficient (Wildman–Crippen LogP) is 14.9. The summed E-state index contributed by atoms with van der Waals surface area (Å²) in [6.07, 6.45) is 0. The average molecular weight is 806 g/mol. The molecule has 2 aromatic heterocycles. The van der Waals surface area contributed by atoms with Gasteiger partial charge in [0.25, 0.3) is 0 Å². The maximum atomic E-state index is 5.44. The molecule has 0 bridgehead atoms. The standard InChI is InChI=1S/C58H35N3S/c1-2-14-36(15-3-1)39-16-12-17-41(34-39)56-59-55(38-30-28-37(29-31-38)40-32-33-53-48(35-40)45-21-7-11-27-52(45)62-53)60-57(61-56)47-23-13-22-46-44-20-6-10-26-51(44)58(54(46)47)49-24-8-4-18-42(49)43-19-5-9-25-50(43)58/h1-35H. The van der Waals surface area contributed by atoms with E-state index in [0.717, 1.165) is 33.4 Å². The molecule has 4 heteroatoms. The fraction of sp³-hybridized carbons (Fsp3) is 0.0172. The predicted molar refractivity (Wildman–Crippen MR) is 256 cm³/mol. The molecule has 0 aliphatic heterocycles. The summed E-state index contributed by atoms with van der Waals surface area (Å²) in [5, 5.41) is 2.59. The van der Waals surface area contributed by atoms with Gasteiger partial charge >= 0.3 is 0 Å². The quantitative estimate of drug-likeness (QED) is 0.174. The molecule has 13 rings (SSSR count). The first kappa shape index (κ1) is 35.0. The molecule has 1 spiro atoms. The molecule has 3 nitrogen and oxygen atoms in total. The van der Waals surface area contributed by atoms with Gasteiger partial charge in [-0.1, -0.05) is 188 Å². The number of nitrogens with zero attached hydrogens (tertiary/aromatic N) is 3. The Morgan fingerprint density at radius 3 is 1.50 bits per heavy atom. The molecule has 2 aliphatic carbocycles. The van der Waals surface area contributed by atoms with Crippen LogP contribution in [0, 0.1) is 0 Å². The summed E-state index contributed by atoms with van der Waals surface area (Å²) < 4.78 is 2.61. The Bertz CT molecular complexity index is 3520. The molecule has 0 radical (unpaired) electrons. The van der Waals surface area contributed by atoms with Crippen molar-refractivity contribution in [1.29, 1.82) is 0 Å². The van der Waals surface area contributed by atoms with Crippen LogP contribution in [0.1, 0.15) is 22.3 Å². The normalized spacial score (nSPS) is 13.0. The Balaban J connectivity index is 1.02. The lowest BCUT2D eigenvalue weighted by molar-refractivity contribution is 0.794. The highest BCUT2D eigenvalue weighted by Crippen LogP contribution is 2.64. The molecule has 0 fully saturated rings. The van der Waals surface area contributed by atoms with Gasteiger partial charge in [0.15, 0.2) is 17.5 Å². The fourth-order valence-electron chi connectivity index (χ4n) is 10.3. The molecule has 11 aromatic rings. The van der Waals surface area contributed by atoms with E-state index in [1.807, 2.05) is 11.3 Å². The number of hydrogen-bond acceptors (Lipinski definition) is 4. The van der Waals surface area contributed by atoms with Crippen molar-refractivity contribution in [2.75, 3.05) is 0 Å². The fourth-order valence-corrected chi connectivity index (χ4v) is 11.4. The Kier molecular flexibility index (Phi) is 7.69. The van der Waals surface area contributed by atoms with Gasteiger partial charge in [-0.15, -0.1) is 11.3 Å². The summed E-state index contributed by atoms with van der Waals surface area (Å²) in [6.45, 7) is 0. The zero-order valence-corrected chi connectivity index (χ0v) is 34.3. The second kappa shape index (κ2) is 13.6. The van der Waals surface area contributed by atoms with Crippen LogP contribution in [0.4, 0.5) is 0 Å². The smallest absolute Gasteiger partial charge is 0.164 e. The summed E-state index contributed by atoms with van der Waals surface area (Å²) in [4.78, 5) is 16.1. The molecule has 2 aliphatic rings. The molecule has 0 N–H and O–H groups in total. The molecular weight excluding hydrogens is 771 g/mol. The van der Waals surface area contributed by atoms with Gasteiger partial charge < -0.3 is 0 Å². The summed E-state index contributed by atoms with van der Waals surface area (Å²) in [5.41, 5.74) is 17.0. The lowest BCUT2D eigenvalue weighted by atomic mass is 9.69. The number of fused-ring (bicyclic) bond motifs is 13. The SMILES string of the molecule is c1ccc(-c2cccc(-c3nc(-c4ccc(-c5ccc6sc7ccccc7c6c5)cc4)nc(-c4cccc5c4C4(c6ccccc6-c6ccccc64)c4ccccc4-5)n3)c2)cc1. The van der Waals surface area contributed by atoms with Crippen LogP contribution in [0.2, 0.25) is 0 Å². The van der Waals surface area contributed by atoms with Crippen molar-refractivity contribution in [2.45, 2.75) is 5.41 Å². The largest absolute Gasteiger partial charge is 0.208 e. The Morgan fingerprint density at radius 2 is 0.758 bits per heavy atom. The second-order valence-electron chi connectivity index (χ2n) is 16.3. The summed E-state index contributed by atoms with van der Waals surface area (Å²) in [5.74, 6) is 1.92. The van der Waals surface area contributed by atoms with Crippen LogP contribution in [-0.2, 0) is 5.41 Å². The van der Waals surface area contributed by atoms with Gasteiger partial charge in [-0.2, -0.15) is 0 Å². The number of aromatic nitrogens is 3. The topological polar surface area (TPSA) is 38.7 Å². The molecule has 288 valence electrons. The second-order valence-corrected chi connectivity index (χ2v) is 17.3. The number of thiophene rings is 1. The number of benzene rings is 9. The van der Waals surface area contributed by atoms with Crippen molar-refractivity contribution in [2.24, 2.45) is 0 Å². The van der Waals surface area contributed by atoms with Gasteiger partial charge in [0, 0.05) is 36.9 Å². The molecule has 9 aromatic carbocycles. The first-order valence-corrected chi connectivity index (χ1v) is 21.9. The number of rotatable bonds is 5. The third kappa shape index (κ3) is 5.14. The third-order valence-corrected chi connectivity index (χ3v) is 14.1. The first-order chi connectivity index (χ1) is 30.7. The molecule has 0 saturated carbocycles. The Hall–Kier alpha value is -7.79. The van der Waals surface area contributed by atoms with Gasteiger partial charge in [-0.3, -0.25) is 0 Å². The van der Waals surface area contributed by atoms with Gasteiger partial charge in [-0.25, -0.2) is 15.0 Å². The Morgan fingerprint density at radius 1 is 0.290 bits per heavy atom. The van der Waals surface area contributed by atoms with E-state index in [9.17, 15) is 0 Å². The molecule has 0 atom stereocenters. The third-order valence-electron chi connectivity index (χ3n) is 13.0. The number of hydrogen-bond donors (Lipinski definition) is 0. The highest BCUT2D eigenvalue weighted by atomic mass is 32.1. The molecular formula is C58H35N3S. The van der Waals surface area contributed by atoms with E-state index in [1.54, 1.807) is 0 Å². The van der Waals surface area contributed by atoms with Crippen molar-refractivity contribution < 1.29 is 0 Å². The van der Waals surface area contributed by atoms with Crippen LogP contribution in [-0.4, -0.2) is 15.0 Å². The van der Waals surface area contributed by atoms with Crippen LogP contribution in [0.15, 0.2) is 212 Å². The highest BCUT2D eigenvalue weighted by Gasteiger charge is 2.52. The molecule has 62 heavy (non-hydrogen) atoms. The van der Waals surface area contributed by atoms with Gasteiger partial charge in [0.05, 0.1) is 5.41 Å². The lowest BCUT2D eigenvalue weighted by Crippen LogP contribution is -2.26. The summed E-state index contributed by atoms with van der Waals surface area (Å²) >= 11 is 1.84. The van der Waals surface area contributed by atoms with E-state index in [0.29, 0.717) is 17.5 Å². The van der Waals surface area contributed by atoms with Gasteiger partial charge in [0.2, 0.25) is 0 Å². The maximum Gasteiger partial charge on any atom is 0.164 e. The maximum absolute atomic E-state index is 5.44. The molecule has 0 saturated heterocycles. The van der Waals surface area contributed by atoms with Crippen LogP contribution in [0.3, 0.4) is 0 Å². The van der Waals surface area contributed by atoms with Gasteiger partial charge in [-0.05, 0) is 91.0 Å². The molecule has 2 heterocycles. The van der Waals surface area contributed by atoms with Crippen molar-refractivity contribution in [3.8, 4) is 78.7 Å². The van der Waals surface area contributed by atoms with Crippen molar-refractivity contribution in [3.63, 3.8) is 0 Å². The zero-order chi connectivity index (χ0) is 40.8. The van der Waals surface area contributed by atoms with Crippen molar-refractivity contribution in [3.05, 3.63) is 235 Å². The minimum Gasteiger partial charge on any atom is -0.208 e. The van der Waals surface area contributed by atoms with E-state index in [-0.39, 0.29) is 0 Å². The van der Waals surface area contributed by atoms with Crippen LogP contribution < -0.4 is 0 Å². The van der Waals surface area contributed by atoms with Gasteiger partial charge in [0.1, 0.15) is 0 Å². The minimum atomic E-state index is -0.549. The minimum absolute atomic E-state index is 0.549. The zero-order valence-electron chi connectivity index (χ0n) is 33.5. The average Bonchev–Trinajstić information content (AvgIpc) is 3.98. The monoisotopic (exact) mass is 805 g/mol. The summed E-state index contributed by atoms with van der Waals surface area (Å²) in [7, 11) is 0. The lowest BCUT2D eigenvalue weighted by Gasteiger charge is -2.31. The summed E-state index contributed by atoms with van der Waals surface area (Å²) in [6, 6.07) is 76.7. The first-order valence-electron chi connectivity index (χ1n) is 21.1. The molecule has 0 amide bonds. The van der Waals surface area contributed by atoms with Crippen molar-refractivity contribution in [1.82, 2.24) is 15.0 Å². The van der Waals surface area contributed by atoms with E-state index in [1.165, 1.54) is 70.2 Å². The van der Waals surface area contributed by atoms with E-state index < -0.39 is 5.41 Å². The highest BCUT2D eigenvalue weighted by molar-refractivity contribution is 7.25. The molecule has 0 unspecified atom stereocenters. The van der Waals surface area contributed by atoms with E-state index >= 15 is 0 Å². The van der Waals surface area contributed by atoms with Crippen LogP contribution in [0.5, 0.6) is 0 Å². The van der Waals surface area contributed by atoms with Crippen LogP contribution >= 0.6 is 11.3 Å². The van der Waals surface area contributed by atoms with Crippen molar-refractivity contribution >= 4 is 31.5 Å². The van der Waals surface area contributed by atoms with Crippen LogP contribution in [0.25, 0.3) is 98.8 Å². The Labute approximate surface area is 363 Å². The van der Waals surface area contributed by atoms with E-state index in [2.05, 4.69) is 212 Å². The van der Waals surface area contributed by atoms with E-state index in [4.69, 9.17) is 15.0 Å².